The summed E-state index contributed by atoms with van der Waals surface area (Å²) in [5.41, 5.74) is 1.75. The van der Waals surface area contributed by atoms with E-state index in [4.69, 9.17) is 11.6 Å². The van der Waals surface area contributed by atoms with Crippen LogP contribution in [0.3, 0.4) is 0 Å². The van der Waals surface area contributed by atoms with Crippen LogP contribution in [0.4, 0.5) is 0 Å². The van der Waals surface area contributed by atoms with Gasteiger partial charge in [0.25, 0.3) is 0 Å². The van der Waals surface area contributed by atoms with Crippen LogP contribution in [-0.4, -0.2) is 34.9 Å². The third kappa shape index (κ3) is 2.48. The molecule has 0 saturated carbocycles. The minimum atomic E-state index is 0.0946. The van der Waals surface area contributed by atoms with E-state index in [0.29, 0.717) is 0 Å². The van der Waals surface area contributed by atoms with E-state index >= 15 is 0 Å². The minimum Gasteiger partial charge on any atom is -0.344 e. The van der Waals surface area contributed by atoms with Crippen molar-refractivity contribution >= 4 is 28.3 Å². The lowest BCUT2D eigenvalue weighted by molar-refractivity contribution is 0.101. The van der Waals surface area contributed by atoms with Crippen LogP contribution < -0.4 is 0 Å². The normalized spacial score (nSPS) is 16.1. The molecule has 0 atom stereocenters. The van der Waals surface area contributed by atoms with E-state index in [1.165, 1.54) is 25.9 Å². The number of ketones is 1. The molecule has 2 aromatic rings. The molecule has 1 fully saturated rings. The molecule has 4 heteroatoms. The number of aromatic nitrogens is 1. The Morgan fingerprint density at radius 1 is 1.25 bits per heavy atom. The fourth-order valence-corrected chi connectivity index (χ4v) is 3.31. The van der Waals surface area contributed by atoms with Gasteiger partial charge in [-0.3, -0.25) is 4.79 Å². The van der Waals surface area contributed by atoms with E-state index in [1.54, 1.807) is 6.92 Å². The molecule has 0 spiro atoms. The summed E-state index contributed by atoms with van der Waals surface area (Å²) >= 11 is 6.33. The second-order valence-electron chi connectivity index (χ2n) is 5.48. The Bertz CT molecular complexity index is 641. The molecule has 20 heavy (non-hydrogen) atoms. The highest BCUT2D eigenvalue weighted by molar-refractivity contribution is 6.35. The van der Waals surface area contributed by atoms with Crippen LogP contribution in [0.1, 0.15) is 30.1 Å². The molecule has 1 aliphatic heterocycles. The Labute approximate surface area is 124 Å². The lowest BCUT2D eigenvalue weighted by Gasteiger charge is -2.15. The predicted octanol–water partition coefficient (Wildman–Crippen LogP) is 3.59. The number of likely N-dealkylation sites (tertiary alicyclic amines) is 1. The Morgan fingerprint density at radius 3 is 2.70 bits per heavy atom. The maximum atomic E-state index is 11.8. The molecule has 1 aliphatic rings. The molecule has 106 valence electrons. The number of halogens is 1. The quantitative estimate of drug-likeness (QED) is 0.804. The van der Waals surface area contributed by atoms with Gasteiger partial charge in [0.15, 0.2) is 5.78 Å². The minimum absolute atomic E-state index is 0.0946. The molecule has 1 aromatic heterocycles. The van der Waals surface area contributed by atoms with Crippen LogP contribution in [0, 0.1) is 0 Å². The first kappa shape index (κ1) is 13.7. The van der Waals surface area contributed by atoms with Crippen LogP contribution in [0.2, 0.25) is 5.02 Å². The first-order valence-electron chi connectivity index (χ1n) is 7.17. The molecule has 3 nitrogen and oxygen atoms in total. The number of nitrogens with zero attached hydrogens (tertiary/aromatic N) is 2. The second kappa shape index (κ2) is 5.58. The summed E-state index contributed by atoms with van der Waals surface area (Å²) in [5, 5.41) is 1.68. The molecule has 0 amide bonds. The highest BCUT2D eigenvalue weighted by atomic mass is 35.5. The van der Waals surface area contributed by atoms with E-state index in [2.05, 4.69) is 9.47 Å². The van der Waals surface area contributed by atoms with E-state index in [-0.39, 0.29) is 5.78 Å². The van der Waals surface area contributed by atoms with Crippen molar-refractivity contribution in [3.8, 4) is 0 Å². The number of carbonyl (C=O) groups excluding carboxylic acids is 1. The van der Waals surface area contributed by atoms with Crippen molar-refractivity contribution in [3.05, 3.63) is 35.0 Å². The smallest absolute Gasteiger partial charge is 0.161 e. The third-order valence-corrected chi connectivity index (χ3v) is 4.39. The molecule has 2 heterocycles. The lowest BCUT2D eigenvalue weighted by atomic mass is 10.1. The summed E-state index contributed by atoms with van der Waals surface area (Å²) in [6.07, 6.45) is 4.55. The fourth-order valence-electron chi connectivity index (χ4n) is 3.03. The van der Waals surface area contributed by atoms with Crippen molar-refractivity contribution in [1.29, 1.82) is 0 Å². The molecule has 1 aromatic carbocycles. The van der Waals surface area contributed by atoms with Gasteiger partial charge in [-0.05, 0) is 38.9 Å². The number of benzene rings is 1. The first-order valence-corrected chi connectivity index (χ1v) is 7.55. The fraction of sp³-hybridized carbons (Fsp3) is 0.438. The number of rotatable bonds is 4. The highest BCUT2D eigenvalue weighted by Crippen LogP contribution is 2.28. The van der Waals surface area contributed by atoms with Crippen LogP contribution in [-0.2, 0) is 6.54 Å². The van der Waals surface area contributed by atoms with Gasteiger partial charge in [0.2, 0.25) is 0 Å². The molecular weight excluding hydrogens is 272 g/mol. The van der Waals surface area contributed by atoms with Crippen molar-refractivity contribution in [2.45, 2.75) is 26.3 Å². The van der Waals surface area contributed by atoms with Gasteiger partial charge in [-0.15, -0.1) is 0 Å². The average Bonchev–Trinajstić information content (AvgIpc) is 3.04. The van der Waals surface area contributed by atoms with Crippen molar-refractivity contribution < 1.29 is 4.79 Å². The average molecular weight is 291 g/mol. The van der Waals surface area contributed by atoms with E-state index < -0.39 is 0 Å². The largest absolute Gasteiger partial charge is 0.344 e. The summed E-state index contributed by atoms with van der Waals surface area (Å²) in [6.45, 7) is 5.89. The monoisotopic (exact) mass is 290 g/mol. The highest BCUT2D eigenvalue weighted by Gasteiger charge is 2.16. The van der Waals surface area contributed by atoms with E-state index in [1.807, 2.05) is 24.4 Å². The van der Waals surface area contributed by atoms with Crippen molar-refractivity contribution in [3.63, 3.8) is 0 Å². The summed E-state index contributed by atoms with van der Waals surface area (Å²) in [7, 11) is 0. The maximum absolute atomic E-state index is 11.8. The van der Waals surface area contributed by atoms with Gasteiger partial charge in [-0.25, -0.2) is 0 Å². The van der Waals surface area contributed by atoms with Crippen LogP contribution >= 0.6 is 11.6 Å². The SMILES string of the molecule is CC(=O)c1cn(CCN2CCCC2)c2c(Cl)cccc12. The van der Waals surface area contributed by atoms with E-state index in [9.17, 15) is 4.79 Å². The van der Waals surface area contributed by atoms with Gasteiger partial charge < -0.3 is 9.47 Å². The summed E-state index contributed by atoms with van der Waals surface area (Å²) in [5.74, 6) is 0.0946. The molecule has 0 N–H and O–H groups in total. The standard InChI is InChI=1S/C16H19ClN2O/c1-12(20)14-11-19(10-9-18-7-2-3-8-18)16-13(14)5-4-6-15(16)17/h4-6,11H,2-3,7-10H2,1H3. The van der Waals surface area contributed by atoms with Crippen molar-refractivity contribution in [2.75, 3.05) is 19.6 Å². The maximum Gasteiger partial charge on any atom is 0.161 e. The molecule has 3 rings (SSSR count). The molecule has 0 radical (unpaired) electrons. The Balaban J connectivity index is 1.94. The zero-order valence-corrected chi connectivity index (χ0v) is 12.5. The molecular formula is C16H19ClN2O. The number of fused-ring (bicyclic) bond motifs is 1. The zero-order chi connectivity index (χ0) is 14.1. The topological polar surface area (TPSA) is 25.2 Å². The van der Waals surface area contributed by atoms with Gasteiger partial charge in [0, 0.05) is 30.2 Å². The van der Waals surface area contributed by atoms with Gasteiger partial charge in [-0.1, -0.05) is 23.7 Å². The molecule has 1 saturated heterocycles. The van der Waals surface area contributed by atoms with Crippen molar-refractivity contribution in [2.24, 2.45) is 0 Å². The Kier molecular flexibility index (Phi) is 3.81. The number of carbonyl (C=O) groups is 1. The third-order valence-electron chi connectivity index (χ3n) is 4.08. The molecule has 0 bridgehead atoms. The van der Waals surface area contributed by atoms with Gasteiger partial charge >= 0.3 is 0 Å². The predicted molar refractivity (Wildman–Crippen MR) is 82.6 cm³/mol. The van der Waals surface area contributed by atoms with Gasteiger partial charge in [-0.2, -0.15) is 0 Å². The Hall–Kier alpha value is -1.32. The van der Waals surface area contributed by atoms with Crippen LogP contribution in [0.25, 0.3) is 10.9 Å². The molecule has 0 unspecified atom stereocenters. The number of Topliss-reactive ketones (excluding diaryl/α,β-unsaturated/α-hetero) is 1. The van der Waals surface area contributed by atoms with E-state index in [0.717, 1.165) is 34.6 Å². The summed E-state index contributed by atoms with van der Waals surface area (Å²) in [6, 6.07) is 5.77. The molecule has 0 aliphatic carbocycles. The number of hydrogen-bond acceptors (Lipinski definition) is 2. The Morgan fingerprint density at radius 2 is 2.00 bits per heavy atom. The first-order chi connectivity index (χ1) is 9.66. The second-order valence-corrected chi connectivity index (χ2v) is 5.88. The summed E-state index contributed by atoms with van der Waals surface area (Å²) in [4.78, 5) is 14.2. The number of hydrogen-bond donors (Lipinski definition) is 0. The van der Waals surface area contributed by atoms with Crippen molar-refractivity contribution in [1.82, 2.24) is 9.47 Å². The van der Waals surface area contributed by atoms with Crippen LogP contribution in [0.15, 0.2) is 24.4 Å². The summed E-state index contributed by atoms with van der Waals surface area (Å²) < 4.78 is 2.13. The van der Waals surface area contributed by atoms with Gasteiger partial charge in [0.05, 0.1) is 10.5 Å². The number of para-hydroxylation sites is 1. The lowest BCUT2D eigenvalue weighted by Crippen LogP contribution is -2.23. The zero-order valence-electron chi connectivity index (χ0n) is 11.7. The van der Waals surface area contributed by atoms with Crippen LogP contribution in [0.5, 0.6) is 0 Å². The van der Waals surface area contributed by atoms with Gasteiger partial charge in [0.1, 0.15) is 0 Å².